The molecule has 0 aromatic heterocycles. The largest absolute Gasteiger partial charge is 0.504 e. The molecule has 1 unspecified atom stereocenters. The average Bonchev–Trinajstić information content (AvgIpc) is 2.38. The first-order valence-corrected chi connectivity index (χ1v) is 6.60. The van der Waals surface area contributed by atoms with E-state index >= 15 is 0 Å². The van der Waals surface area contributed by atoms with Crippen molar-refractivity contribution in [2.24, 2.45) is 0 Å². The lowest BCUT2D eigenvalue weighted by Crippen LogP contribution is -2.30. The third-order valence-corrected chi connectivity index (χ3v) is 3.69. The maximum atomic E-state index is 13.6. The summed E-state index contributed by atoms with van der Waals surface area (Å²) in [6.45, 7) is 2.60. The molecule has 0 amide bonds. The summed E-state index contributed by atoms with van der Waals surface area (Å²) in [6.07, 6.45) is 0.772. The highest BCUT2D eigenvalue weighted by molar-refractivity contribution is 5.50. The van der Waals surface area contributed by atoms with Crippen molar-refractivity contribution in [2.75, 3.05) is 6.54 Å². The number of rotatable bonds is 1. The standard InChI is InChI=1S/C16H16FNO2/c1-9-4-11(6-12(17)5-9)16-13-8-15(20)14(19)7-10(13)2-3-18-16/h4-8,16,18-20H,2-3H2,1H3. The highest BCUT2D eigenvalue weighted by Gasteiger charge is 2.23. The lowest BCUT2D eigenvalue weighted by Gasteiger charge is -2.28. The van der Waals surface area contributed by atoms with E-state index in [1.54, 1.807) is 12.1 Å². The van der Waals surface area contributed by atoms with E-state index in [4.69, 9.17) is 0 Å². The molecule has 1 heterocycles. The fourth-order valence-electron chi connectivity index (χ4n) is 2.81. The van der Waals surface area contributed by atoms with Crippen molar-refractivity contribution >= 4 is 0 Å². The van der Waals surface area contributed by atoms with E-state index in [0.717, 1.165) is 35.2 Å². The van der Waals surface area contributed by atoms with Crippen molar-refractivity contribution in [3.8, 4) is 11.5 Å². The molecule has 0 bridgehead atoms. The second-order valence-electron chi connectivity index (χ2n) is 5.24. The molecular formula is C16H16FNO2. The van der Waals surface area contributed by atoms with Crippen molar-refractivity contribution in [3.63, 3.8) is 0 Å². The van der Waals surface area contributed by atoms with Crippen molar-refractivity contribution in [1.29, 1.82) is 0 Å². The Bertz CT molecular complexity index is 650. The van der Waals surface area contributed by atoms with E-state index < -0.39 is 0 Å². The number of benzene rings is 2. The number of hydrogen-bond acceptors (Lipinski definition) is 3. The van der Waals surface area contributed by atoms with Crippen LogP contribution >= 0.6 is 0 Å². The van der Waals surface area contributed by atoms with Crippen molar-refractivity contribution in [1.82, 2.24) is 5.32 Å². The highest BCUT2D eigenvalue weighted by atomic mass is 19.1. The van der Waals surface area contributed by atoms with Gasteiger partial charge in [-0.25, -0.2) is 4.39 Å². The molecule has 0 spiro atoms. The van der Waals surface area contributed by atoms with Gasteiger partial charge in [-0.3, -0.25) is 0 Å². The minimum Gasteiger partial charge on any atom is -0.504 e. The van der Waals surface area contributed by atoms with Crippen LogP contribution in [0, 0.1) is 12.7 Å². The monoisotopic (exact) mass is 273 g/mol. The quantitative estimate of drug-likeness (QED) is 0.700. The summed E-state index contributed by atoms with van der Waals surface area (Å²) < 4.78 is 13.6. The Balaban J connectivity index is 2.11. The molecule has 2 aromatic rings. The van der Waals surface area contributed by atoms with Crippen LogP contribution in [0.1, 0.15) is 28.3 Å². The molecule has 4 heteroatoms. The predicted octanol–water partition coefficient (Wildman–Crippen LogP) is 2.78. The summed E-state index contributed by atoms with van der Waals surface area (Å²) in [5.74, 6) is -0.526. The third kappa shape index (κ3) is 2.23. The van der Waals surface area contributed by atoms with Crippen LogP contribution in [0.3, 0.4) is 0 Å². The summed E-state index contributed by atoms with van der Waals surface area (Å²) in [6, 6.07) is 7.90. The molecule has 0 saturated carbocycles. The maximum absolute atomic E-state index is 13.6. The van der Waals surface area contributed by atoms with Crippen LogP contribution in [-0.2, 0) is 6.42 Å². The second kappa shape index (κ2) is 4.80. The van der Waals surface area contributed by atoms with E-state index in [2.05, 4.69) is 5.32 Å². The number of hydrogen-bond donors (Lipinski definition) is 3. The normalized spacial score (nSPS) is 17.8. The highest BCUT2D eigenvalue weighted by Crippen LogP contribution is 2.36. The van der Waals surface area contributed by atoms with Gasteiger partial charge in [0.1, 0.15) is 5.82 Å². The lowest BCUT2D eigenvalue weighted by atomic mass is 9.89. The van der Waals surface area contributed by atoms with Crippen LogP contribution in [0.2, 0.25) is 0 Å². The van der Waals surface area contributed by atoms with Gasteiger partial charge in [-0.05, 0) is 59.9 Å². The number of phenols is 2. The van der Waals surface area contributed by atoms with E-state index in [1.807, 2.05) is 13.0 Å². The molecule has 104 valence electrons. The van der Waals surface area contributed by atoms with Crippen LogP contribution in [0.5, 0.6) is 11.5 Å². The third-order valence-electron chi connectivity index (χ3n) is 3.69. The molecule has 1 atom stereocenters. The van der Waals surface area contributed by atoms with Crippen molar-refractivity contribution < 1.29 is 14.6 Å². The minimum atomic E-state index is -0.267. The Morgan fingerprint density at radius 2 is 1.85 bits per heavy atom. The molecule has 1 aliphatic heterocycles. The Morgan fingerprint density at radius 1 is 1.10 bits per heavy atom. The number of halogens is 1. The van der Waals surface area contributed by atoms with Gasteiger partial charge in [0.05, 0.1) is 6.04 Å². The summed E-state index contributed by atoms with van der Waals surface area (Å²) in [5, 5.41) is 22.6. The summed E-state index contributed by atoms with van der Waals surface area (Å²) in [5.41, 5.74) is 3.55. The van der Waals surface area contributed by atoms with Gasteiger partial charge in [-0.2, -0.15) is 0 Å². The molecule has 3 nitrogen and oxygen atoms in total. The zero-order valence-electron chi connectivity index (χ0n) is 11.2. The number of fused-ring (bicyclic) bond motifs is 1. The molecule has 0 saturated heterocycles. The second-order valence-corrected chi connectivity index (χ2v) is 5.24. The van der Waals surface area contributed by atoms with Gasteiger partial charge in [0, 0.05) is 6.54 Å². The predicted molar refractivity (Wildman–Crippen MR) is 74.5 cm³/mol. The Kier molecular flexibility index (Phi) is 3.10. The molecular weight excluding hydrogens is 257 g/mol. The van der Waals surface area contributed by atoms with Crippen molar-refractivity contribution in [2.45, 2.75) is 19.4 Å². The zero-order valence-corrected chi connectivity index (χ0v) is 11.2. The van der Waals surface area contributed by atoms with Gasteiger partial charge in [-0.15, -0.1) is 0 Å². The number of aromatic hydroxyl groups is 2. The van der Waals surface area contributed by atoms with Crippen LogP contribution in [0.25, 0.3) is 0 Å². The summed E-state index contributed by atoms with van der Waals surface area (Å²) in [7, 11) is 0. The summed E-state index contributed by atoms with van der Waals surface area (Å²) in [4.78, 5) is 0. The lowest BCUT2D eigenvalue weighted by molar-refractivity contribution is 0.400. The fourth-order valence-corrected chi connectivity index (χ4v) is 2.81. The average molecular weight is 273 g/mol. The first kappa shape index (κ1) is 12.9. The molecule has 2 aromatic carbocycles. The van der Waals surface area contributed by atoms with Crippen LogP contribution < -0.4 is 5.32 Å². The topological polar surface area (TPSA) is 52.5 Å². The minimum absolute atomic E-state index is 0.111. The van der Waals surface area contributed by atoms with Crippen LogP contribution in [0.4, 0.5) is 4.39 Å². The van der Waals surface area contributed by atoms with E-state index in [0.29, 0.717) is 0 Å². The molecule has 0 fully saturated rings. The molecule has 0 aliphatic carbocycles. The SMILES string of the molecule is Cc1cc(F)cc(C2NCCc3cc(O)c(O)cc32)c1. The van der Waals surface area contributed by atoms with Gasteiger partial charge >= 0.3 is 0 Å². The molecule has 0 radical (unpaired) electrons. The van der Waals surface area contributed by atoms with E-state index in [9.17, 15) is 14.6 Å². The Labute approximate surface area is 116 Å². The van der Waals surface area contributed by atoms with E-state index in [-0.39, 0.29) is 23.4 Å². The van der Waals surface area contributed by atoms with Gasteiger partial charge < -0.3 is 15.5 Å². The van der Waals surface area contributed by atoms with Gasteiger partial charge in [0.2, 0.25) is 0 Å². The number of nitrogens with one attached hydrogen (secondary N) is 1. The fraction of sp³-hybridized carbons (Fsp3) is 0.250. The van der Waals surface area contributed by atoms with E-state index in [1.165, 1.54) is 12.1 Å². The summed E-state index contributed by atoms with van der Waals surface area (Å²) >= 11 is 0. The number of aryl methyl sites for hydroxylation is 1. The van der Waals surface area contributed by atoms with Crippen LogP contribution in [-0.4, -0.2) is 16.8 Å². The van der Waals surface area contributed by atoms with Gasteiger partial charge in [0.15, 0.2) is 11.5 Å². The number of phenolic OH excluding ortho intramolecular Hbond substituents is 2. The van der Waals surface area contributed by atoms with Crippen LogP contribution in [0.15, 0.2) is 30.3 Å². The molecule has 1 aliphatic rings. The first-order chi connectivity index (χ1) is 9.54. The van der Waals surface area contributed by atoms with Crippen molar-refractivity contribution in [3.05, 3.63) is 58.4 Å². The van der Waals surface area contributed by atoms with Gasteiger partial charge in [0.25, 0.3) is 0 Å². The Hall–Kier alpha value is -2.07. The molecule has 3 rings (SSSR count). The molecule has 20 heavy (non-hydrogen) atoms. The first-order valence-electron chi connectivity index (χ1n) is 6.60. The zero-order chi connectivity index (χ0) is 14.3. The Morgan fingerprint density at radius 3 is 2.60 bits per heavy atom. The van der Waals surface area contributed by atoms with Gasteiger partial charge in [-0.1, -0.05) is 6.07 Å². The maximum Gasteiger partial charge on any atom is 0.157 e. The smallest absolute Gasteiger partial charge is 0.157 e. The molecule has 3 N–H and O–H groups in total.